The molecule has 3 fully saturated rings. The molecule has 3 saturated carbocycles. The van der Waals surface area contributed by atoms with Gasteiger partial charge in [0.1, 0.15) is 0 Å². The molecule has 2 bridgehead atoms. The van der Waals surface area contributed by atoms with Crippen molar-refractivity contribution < 1.29 is 4.79 Å². The van der Waals surface area contributed by atoms with Gasteiger partial charge in [-0.1, -0.05) is 24.6 Å². The number of fused-ring (bicyclic) bond motifs is 6. The van der Waals surface area contributed by atoms with Crippen LogP contribution in [-0.2, 0) is 6.54 Å². The Hall–Kier alpha value is -2.50. The average Bonchev–Trinajstić information content (AvgIpc) is 3.40. The summed E-state index contributed by atoms with van der Waals surface area (Å²) in [5.74, 6) is 2.64. The van der Waals surface area contributed by atoms with Crippen molar-refractivity contribution >= 4 is 22.4 Å². The first kappa shape index (κ1) is 16.7. The molecule has 5 rings (SSSR count). The van der Waals surface area contributed by atoms with E-state index in [1.54, 1.807) is 18.2 Å². The Balaban J connectivity index is 1.44. The molecule has 27 heavy (non-hydrogen) atoms. The van der Waals surface area contributed by atoms with E-state index in [9.17, 15) is 9.59 Å². The summed E-state index contributed by atoms with van der Waals surface area (Å²) in [4.78, 5) is 25.3. The number of hydrazone groups is 1. The average molecular weight is 364 g/mol. The van der Waals surface area contributed by atoms with Crippen LogP contribution in [0.4, 0.5) is 0 Å². The van der Waals surface area contributed by atoms with Crippen LogP contribution in [0.2, 0.25) is 0 Å². The van der Waals surface area contributed by atoms with Crippen molar-refractivity contribution in [3.05, 3.63) is 40.3 Å². The predicted molar refractivity (Wildman–Crippen MR) is 104 cm³/mol. The van der Waals surface area contributed by atoms with E-state index in [1.807, 2.05) is 13.0 Å². The number of nitrogens with one attached hydrogen (secondary N) is 1. The molecule has 0 saturated heterocycles. The molecule has 4 unspecified atom stereocenters. The zero-order chi connectivity index (χ0) is 18.5. The quantitative estimate of drug-likeness (QED) is 0.851. The van der Waals surface area contributed by atoms with Crippen molar-refractivity contribution in [1.82, 2.24) is 15.2 Å². The van der Waals surface area contributed by atoms with E-state index in [2.05, 4.69) is 15.6 Å². The van der Waals surface area contributed by atoms with Crippen LogP contribution >= 0.6 is 0 Å². The second kappa shape index (κ2) is 6.29. The highest BCUT2D eigenvalue weighted by Gasteiger charge is 2.52. The Kier molecular flexibility index (Phi) is 3.88. The normalized spacial score (nSPS) is 30.2. The van der Waals surface area contributed by atoms with Gasteiger partial charge in [-0.25, -0.2) is 10.1 Å². The molecule has 1 heterocycles. The number of carbonyl (C=O) groups excluding carboxylic acids is 1. The number of carbonyl (C=O) groups is 1. The zero-order valence-corrected chi connectivity index (χ0v) is 15.5. The van der Waals surface area contributed by atoms with E-state index in [-0.39, 0.29) is 17.2 Å². The van der Waals surface area contributed by atoms with E-state index in [1.165, 1.54) is 30.4 Å². The smallest absolute Gasteiger partial charge is 0.267 e. The molecule has 1 aromatic carbocycles. The van der Waals surface area contributed by atoms with Crippen LogP contribution < -0.4 is 11.0 Å². The Bertz CT molecular complexity index is 1010. The maximum atomic E-state index is 12.8. The third-order valence-electron chi connectivity index (χ3n) is 6.89. The van der Waals surface area contributed by atoms with Gasteiger partial charge in [-0.2, -0.15) is 10.2 Å². The molecule has 1 amide bonds. The monoisotopic (exact) mass is 364 g/mol. The van der Waals surface area contributed by atoms with Crippen LogP contribution in [0.15, 0.2) is 34.2 Å². The second-order valence-electron chi connectivity index (χ2n) is 8.12. The first-order chi connectivity index (χ1) is 13.2. The van der Waals surface area contributed by atoms with E-state index in [0.717, 1.165) is 29.9 Å². The summed E-state index contributed by atoms with van der Waals surface area (Å²) in [6, 6.07) is 7.13. The van der Waals surface area contributed by atoms with Gasteiger partial charge in [0.25, 0.3) is 11.5 Å². The highest BCUT2D eigenvalue weighted by Crippen LogP contribution is 2.57. The van der Waals surface area contributed by atoms with Crippen LogP contribution in [0.3, 0.4) is 0 Å². The number of benzene rings is 1. The molecule has 3 aliphatic rings. The molecule has 0 spiro atoms. The number of nitrogens with zero attached hydrogens (tertiary/aromatic N) is 3. The van der Waals surface area contributed by atoms with Crippen LogP contribution in [0.25, 0.3) is 10.8 Å². The predicted octanol–water partition coefficient (Wildman–Crippen LogP) is 2.96. The van der Waals surface area contributed by atoms with Gasteiger partial charge in [-0.05, 0) is 56.4 Å². The lowest BCUT2D eigenvalue weighted by Crippen LogP contribution is -2.30. The summed E-state index contributed by atoms with van der Waals surface area (Å²) in [6.45, 7) is 2.27. The Morgan fingerprint density at radius 3 is 2.85 bits per heavy atom. The third kappa shape index (κ3) is 2.53. The molecular formula is C21H24N4O2. The topological polar surface area (TPSA) is 76.3 Å². The van der Waals surface area contributed by atoms with E-state index in [0.29, 0.717) is 23.2 Å². The van der Waals surface area contributed by atoms with Gasteiger partial charge in [0.15, 0.2) is 5.69 Å². The van der Waals surface area contributed by atoms with Crippen LogP contribution in [-0.4, -0.2) is 21.4 Å². The molecule has 4 atom stereocenters. The molecular weight excluding hydrogens is 340 g/mol. The van der Waals surface area contributed by atoms with E-state index in [4.69, 9.17) is 0 Å². The van der Waals surface area contributed by atoms with Gasteiger partial charge in [0.2, 0.25) is 0 Å². The number of hydrogen-bond donors (Lipinski definition) is 1. The fourth-order valence-electron chi connectivity index (χ4n) is 5.74. The van der Waals surface area contributed by atoms with Crippen molar-refractivity contribution in [1.29, 1.82) is 0 Å². The van der Waals surface area contributed by atoms with Crippen molar-refractivity contribution in [3.63, 3.8) is 0 Å². The molecule has 1 N–H and O–H groups in total. The third-order valence-corrected chi connectivity index (χ3v) is 6.89. The minimum absolute atomic E-state index is 0.170. The molecule has 140 valence electrons. The number of amides is 1. The lowest BCUT2D eigenvalue weighted by Gasteiger charge is -2.25. The molecule has 2 aromatic rings. The maximum Gasteiger partial charge on any atom is 0.292 e. The van der Waals surface area contributed by atoms with Gasteiger partial charge in [0.05, 0.1) is 5.39 Å². The largest absolute Gasteiger partial charge is 0.292 e. The van der Waals surface area contributed by atoms with Crippen LogP contribution in [0.5, 0.6) is 0 Å². The highest BCUT2D eigenvalue weighted by atomic mass is 16.2. The maximum absolute atomic E-state index is 12.8. The van der Waals surface area contributed by atoms with Crippen molar-refractivity contribution in [3.8, 4) is 0 Å². The lowest BCUT2D eigenvalue weighted by molar-refractivity contribution is 0.0949. The Labute approximate surface area is 157 Å². The van der Waals surface area contributed by atoms with Gasteiger partial charge in [0, 0.05) is 23.6 Å². The summed E-state index contributed by atoms with van der Waals surface area (Å²) in [6.07, 6.45) is 6.30. The first-order valence-corrected chi connectivity index (χ1v) is 10.0. The fraction of sp³-hybridized carbons (Fsp3) is 0.524. The summed E-state index contributed by atoms with van der Waals surface area (Å²) in [7, 11) is 0. The zero-order valence-electron chi connectivity index (χ0n) is 15.5. The molecule has 1 aromatic heterocycles. The molecule has 0 aliphatic heterocycles. The van der Waals surface area contributed by atoms with Gasteiger partial charge in [-0.15, -0.1) is 0 Å². The summed E-state index contributed by atoms with van der Waals surface area (Å²) in [5.41, 5.74) is 3.99. The number of aryl methyl sites for hydroxylation is 1. The van der Waals surface area contributed by atoms with Gasteiger partial charge in [-0.3, -0.25) is 9.59 Å². The first-order valence-electron chi connectivity index (χ1n) is 10.0. The van der Waals surface area contributed by atoms with Crippen LogP contribution in [0.1, 0.15) is 49.5 Å². The minimum atomic E-state index is -0.341. The molecule has 0 radical (unpaired) electrons. The molecule has 6 heteroatoms. The summed E-state index contributed by atoms with van der Waals surface area (Å²) in [5, 5.41) is 9.90. The molecule has 6 nitrogen and oxygen atoms in total. The summed E-state index contributed by atoms with van der Waals surface area (Å²) >= 11 is 0. The Morgan fingerprint density at radius 2 is 2.04 bits per heavy atom. The van der Waals surface area contributed by atoms with Gasteiger partial charge >= 0.3 is 0 Å². The fourth-order valence-corrected chi connectivity index (χ4v) is 5.74. The second-order valence-corrected chi connectivity index (χ2v) is 8.12. The number of hydrogen-bond acceptors (Lipinski definition) is 4. The van der Waals surface area contributed by atoms with Crippen LogP contribution in [0, 0.1) is 23.7 Å². The standard InChI is InChI=1S/C21H24N4O2/c1-2-25-21(27)16-7-4-3-6-15(16)19(24-25)20(26)23-22-18-11-12-10-17(18)14-9-5-8-13(12)14/h3-4,6-7,12-14,17H,2,5,8-11H2,1H3,(H,23,26). The number of aromatic nitrogens is 2. The van der Waals surface area contributed by atoms with Crippen molar-refractivity contribution in [2.75, 3.05) is 0 Å². The summed E-state index contributed by atoms with van der Waals surface area (Å²) < 4.78 is 1.34. The SMILES string of the molecule is CCn1nc(C(=O)NN=C2CC3CC2C2CCCC32)c2ccccc2c1=O. The molecule has 3 aliphatic carbocycles. The Morgan fingerprint density at radius 1 is 1.26 bits per heavy atom. The highest BCUT2D eigenvalue weighted by molar-refractivity contribution is 6.05. The van der Waals surface area contributed by atoms with Gasteiger partial charge < -0.3 is 0 Å². The van der Waals surface area contributed by atoms with Crippen molar-refractivity contribution in [2.24, 2.45) is 28.8 Å². The van der Waals surface area contributed by atoms with Crippen molar-refractivity contribution in [2.45, 2.75) is 45.6 Å². The lowest BCUT2D eigenvalue weighted by atomic mass is 9.81. The number of rotatable bonds is 3. The van der Waals surface area contributed by atoms with E-state index >= 15 is 0 Å². The minimum Gasteiger partial charge on any atom is -0.267 e. The van der Waals surface area contributed by atoms with E-state index < -0.39 is 0 Å².